The van der Waals surface area contributed by atoms with Crippen LogP contribution in [0.15, 0.2) is 40.7 Å². The van der Waals surface area contributed by atoms with Crippen molar-refractivity contribution >= 4 is 44.9 Å². The average Bonchev–Trinajstić information content (AvgIpc) is 3.20. The fraction of sp³-hybridized carbons (Fsp3) is 0.176. The second kappa shape index (κ2) is 6.26. The molecule has 0 N–H and O–H groups in total. The predicted octanol–water partition coefficient (Wildman–Crippen LogP) is 3.21. The molecule has 122 valence electrons. The van der Waals surface area contributed by atoms with E-state index >= 15 is 0 Å². The Kier molecular flexibility index (Phi) is 3.95. The summed E-state index contributed by atoms with van der Waals surface area (Å²) in [6.45, 7) is 1.11. The molecular formula is C17H14N2O3S2. The van der Waals surface area contributed by atoms with Crippen LogP contribution in [0, 0.1) is 0 Å². The SMILES string of the molecule is Cn1c(=NC(=O)C=Cc2cccs2)sc2cc3c(cc21)OCCO3. The molecule has 3 aromatic rings. The lowest BCUT2D eigenvalue weighted by molar-refractivity contribution is -0.113. The van der Waals surface area contributed by atoms with E-state index in [4.69, 9.17) is 9.47 Å². The Balaban J connectivity index is 1.71. The number of nitrogens with zero attached hydrogens (tertiary/aromatic N) is 2. The molecule has 3 heterocycles. The van der Waals surface area contributed by atoms with Gasteiger partial charge in [-0.2, -0.15) is 4.99 Å². The van der Waals surface area contributed by atoms with E-state index in [1.54, 1.807) is 17.4 Å². The Labute approximate surface area is 146 Å². The molecule has 0 spiro atoms. The average molecular weight is 358 g/mol. The first-order valence-corrected chi connectivity index (χ1v) is 9.10. The molecule has 0 radical (unpaired) electrons. The Morgan fingerprint density at radius 2 is 2.08 bits per heavy atom. The highest BCUT2D eigenvalue weighted by molar-refractivity contribution is 7.16. The zero-order chi connectivity index (χ0) is 16.5. The van der Waals surface area contributed by atoms with E-state index in [2.05, 4.69) is 4.99 Å². The van der Waals surface area contributed by atoms with Gasteiger partial charge >= 0.3 is 0 Å². The number of thiophene rings is 1. The van der Waals surface area contributed by atoms with Crippen LogP contribution in [0.3, 0.4) is 0 Å². The zero-order valence-corrected chi connectivity index (χ0v) is 14.5. The van der Waals surface area contributed by atoms with Gasteiger partial charge in [0.05, 0.1) is 10.2 Å². The maximum absolute atomic E-state index is 12.1. The van der Waals surface area contributed by atoms with Crippen LogP contribution in [0.2, 0.25) is 0 Å². The minimum atomic E-state index is -0.275. The number of carbonyl (C=O) groups is 1. The molecule has 24 heavy (non-hydrogen) atoms. The molecule has 1 aliphatic heterocycles. The van der Waals surface area contributed by atoms with Gasteiger partial charge in [-0.15, -0.1) is 11.3 Å². The van der Waals surface area contributed by atoms with Gasteiger partial charge in [0, 0.05) is 30.1 Å². The van der Waals surface area contributed by atoms with E-state index in [0.29, 0.717) is 18.0 Å². The van der Waals surface area contributed by atoms with Crippen molar-refractivity contribution in [3.8, 4) is 11.5 Å². The number of ether oxygens (including phenoxy) is 2. The number of rotatable bonds is 2. The van der Waals surface area contributed by atoms with Gasteiger partial charge in [-0.05, 0) is 17.5 Å². The van der Waals surface area contributed by atoms with E-state index in [0.717, 1.165) is 26.6 Å². The molecule has 0 aliphatic carbocycles. The summed E-state index contributed by atoms with van der Waals surface area (Å²) in [6.07, 6.45) is 3.28. The van der Waals surface area contributed by atoms with Crippen LogP contribution in [0.25, 0.3) is 16.3 Å². The number of aromatic nitrogens is 1. The number of fused-ring (bicyclic) bond motifs is 2. The molecule has 1 amide bonds. The van der Waals surface area contributed by atoms with E-state index in [-0.39, 0.29) is 5.91 Å². The van der Waals surface area contributed by atoms with Gasteiger partial charge in [0.25, 0.3) is 5.91 Å². The van der Waals surface area contributed by atoms with Crippen molar-refractivity contribution in [1.29, 1.82) is 0 Å². The molecule has 0 saturated heterocycles. The topological polar surface area (TPSA) is 52.8 Å². The van der Waals surface area contributed by atoms with Crippen LogP contribution in [-0.2, 0) is 11.8 Å². The number of carbonyl (C=O) groups excluding carboxylic acids is 1. The Hall–Kier alpha value is -2.38. The van der Waals surface area contributed by atoms with Crippen LogP contribution in [0.1, 0.15) is 4.88 Å². The summed E-state index contributed by atoms with van der Waals surface area (Å²) >= 11 is 3.04. The van der Waals surface area contributed by atoms with Gasteiger partial charge in [0.1, 0.15) is 13.2 Å². The highest BCUT2D eigenvalue weighted by Crippen LogP contribution is 2.35. The standard InChI is InChI=1S/C17H14N2O3S2/c1-19-12-9-13-14(22-7-6-21-13)10-15(12)24-17(19)18-16(20)5-4-11-3-2-8-23-11/h2-5,8-10H,6-7H2,1H3. The molecule has 5 nitrogen and oxygen atoms in total. The molecule has 0 unspecified atom stereocenters. The maximum atomic E-state index is 12.1. The first kappa shape index (κ1) is 15.2. The molecule has 2 aromatic heterocycles. The minimum Gasteiger partial charge on any atom is -0.486 e. The number of thiazole rings is 1. The van der Waals surface area contributed by atoms with Crippen LogP contribution in [0.5, 0.6) is 11.5 Å². The van der Waals surface area contributed by atoms with Crippen LogP contribution < -0.4 is 14.3 Å². The van der Waals surface area contributed by atoms with Crippen LogP contribution >= 0.6 is 22.7 Å². The summed E-state index contributed by atoms with van der Waals surface area (Å²) < 4.78 is 14.1. The minimum absolute atomic E-state index is 0.275. The quantitative estimate of drug-likeness (QED) is 0.661. The molecule has 0 saturated carbocycles. The molecule has 1 aromatic carbocycles. The van der Waals surface area contributed by atoms with Crippen molar-refractivity contribution in [3.63, 3.8) is 0 Å². The lowest BCUT2D eigenvalue weighted by Crippen LogP contribution is -2.15. The second-order valence-electron chi connectivity index (χ2n) is 5.21. The van der Waals surface area contributed by atoms with Gasteiger partial charge in [-0.1, -0.05) is 17.4 Å². The third-order valence-electron chi connectivity index (χ3n) is 3.61. The highest BCUT2D eigenvalue weighted by atomic mass is 32.1. The summed E-state index contributed by atoms with van der Waals surface area (Å²) in [5.41, 5.74) is 0.970. The number of amides is 1. The van der Waals surface area contributed by atoms with Crippen molar-refractivity contribution in [1.82, 2.24) is 4.57 Å². The van der Waals surface area contributed by atoms with E-state index in [1.807, 2.05) is 41.3 Å². The van der Waals surface area contributed by atoms with Crippen molar-refractivity contribution in [3.05, 3.63) is 45.4 Å². The second-order valence-corrected chi connectivity index (χ2v) is 7.19. The third-order valence-corrected chi connectivity index (χ3v) is 5.54. The first-order chi connectivity index (χ1) is 11.7. The maximum Gasteiger partial charge on any atom is 0.272 e. The molecule has 7 heteroatoms. The largest absolute Gasteiger partial charge is 0.486 e. The Bertz CT molecular complexity index is 997. The van der Waals surface area contributed by atoms with Crippen LogP contribution in [-0.4, -0.2) is 23.7 Å². The monoisotopic (exact) mass is 358 g/mol. The molecule has 0 fully saturated rings. The van der Waals surface area contributed by atoms with E-state index in [1.165, 1.54) is 17.4 Å². The van der Waals surface area contributed by atoms with Gasteiger partial charge < -0.3 is 14.0 Å². The zero-order valence-electron chi connectivity index (χ0n) is 12.9. The third kappa shape index (κ3) is 2.88. The lowest BCUT2D eigenvalue weighted by Gasteiger charge is -2.18. The van der Waals surface area contributed by atoms with Gasteiger partial charge in [-0.3, -0.25) is 4.79 Å². The molecule has 0 bridgehead atoms. The molecular weight excluding hydrogens is 344 g/mol. The van der Waals surface area contributed by atoms with Gasteiger partial charge in [-0.25, -0.2) is 0 Å². The summed E-state index contributed by atoms with van der Waals surface area (Å²) in [5.74, 6) is 1.20. The Morgan fingerprint density at radius 1 is 1.29 bits per heavy atom. The molecule has 0 atom stereocenters. The number of aryl methyl sites for hydroxylation is 1. The summed E-state index contributed by atoms with van der Waals surface area (Å²) in [7, 11) is 1.89. The summed E-state index contributed by atoms with van der Waals surface area (Å²) in [4.78, 5) is 18.0. The number of hydrogen-bond donors (Lipinski definition) is 0. The van der Waals surface area contributed by atoms with Crippen molar-refractivity contribution in [2.24, 2.45) is 12.0 Å². The number of benzene rings is 1. The molecule has 4 rings (SSSR count). The van der Waals surface area contributed by atoms with Crippen molar-refractivity contribution < 1.29 is 14.3 Å². The summed E-state index contributed by atoms with van der Waals surface area (Å²) in [6, 6.07) is 7.78. The molecule has 1 aliphatic rings. The van der Waals surface area contributed by atoms with Gasteiger partial charge in [0.15, 0.2) is 16.3 Å². The van der Waals surface area contributed by atoms with E-state index < -0.39 is 0 Å². The fourth-order valence-electron chi connectivity index (χ4n) is 2.44. The normalized spacial score (nSPS) is 14.6. The van der Waals surface area contributed by atoms with Crippen LogP contribution in [0.4, 0.5) is 0 Å². The predicted molar refractivity (Wildman–Crippen MR) is 95.7 cm³/mol. The van der Waals surface area contributed by atoms with Crippen molar-refractivity contribution in [2.75, 3.05) is 13.2 Å². The Morgan fingerprint density at radius 3 is 2.83 bits per heavy atom. The first-order valence-electron chi connectivity index (χ1n) is 7.40. The fourth-order valence-corrected chi connectivity index (χ4v) is 4.09. The lowest BCUT2D eigenvalue weighted by atomic mass is 10.3. The van der Waals surface area contributed by atoms with E-state index in [9.17, 15) is 4.79 Å². The van der Waals surface area contributed by atoms with Crippen molar-refractivity contribution in [2.45, 2.75) is 0 Å². The van der Waals surface area contributed by atoms with Gasteiger partial charge in [0.2, 0.25) is 0 Å². The highest BCUT2D eigenvalue weighted by Gasteiger charge is 2.15. The smallest absolute Gasteiger partial charge is 0.272 e. The summed E-state index contributed by atoms with van der Waals surface area (Å²) in [5, 5.41) is 1.97. The number of hydrogen-bond acceptors (Lipinski definition) is 5.